The zero-order valence-corrected chi connectivity index (χ0v) is 30.9. The van der Waals surface area contributed by atoms with Crippen LogP contribution in [0.25, 0.3) is 11.0 Å². The summed E-state index contributed by atoms with van der Waals surface area (Å²) in [6.45, 7) is 6.49. The van der Waals surface area contributed by atoms with E-state index in [4.69, 9.17) is 9.15 Å². The molecule has 4 N–H and O–H groups in total. The van der Waals surface area contributed by atoms with Gasteiger partial charge in [0, 0.05) is 60.3 Å². The minimum atomic E-state index is -0.915. The van der Waals surface area contributed by atoms with Crippen LogP contribution in [0.3, 0.4) is 0 Å². The van der Waals surface area contributed by atoms with Gasteiger partial charge in [-0.1, -0.05) is 54.6 Å². The van der Waals surface area contributed by atoms with Crippen molar-refractivity contribution in [2.24, 2.45) is 5.92 Å². The number of piperazine rings is 1. The monoisotopic (exact) mass is 737 g/mol. The fourth-order valence-corrected chi connectivity index (χ4v) is 8.13. The molecule has 0 spiro atoms. The van der Waals surface area contributed by atoms with E-state index in [1.54, 1.807) is 23.7 Å². The number of aliphatic hydroxyl groups excluding tert-OH is 2. The minimum absolute atomic E-state index is 0.0697. The number of carbonyl (C=O) groups is 2. The van der Waals surface area contributed by atoms with Crippen LogP contribution in [-0.2, 0) is 28.1 Å². The summed E-state index contributed by atoms with van der Waals surface area (Å²) < 4.78 is 12.0. The Morgan fingerprint density at radius 1 is 1.06 bits per heavy atom. The zero-order valence-electron chi connectivity index (χ0n) is 30.1. The molecule has 53 heavy (non-hydrogen) atoms. The van der Waals surface area contributed by atoms with Gasteiger partial charge in [0.25, 0.3) is 0 Å². The number of hydrogen-bond acceptors (Lipinski definition) is 10. The first kappa shape index (κ1) is 36.8. The van der Waals surface area contributed by atoms with E-state index in [9.17, 15) is 19.8 Å². The van der Waals surface area contributed by atoms with Crippen molar-refractivity contribution in [2.45, 2.75) is 63.1 Å². The Labute approximate surface area is 313 Å². The number of hydrogen-bond donors (Lipinski definition) is 4. The summed E-state index contributed by atoms with van der Waals surface area (Å²) in [4.78, 5) is 37.6. The van der Waals surface area contributed by atoms with Crippen molar-refractivity contribution in [2.75, 3.05) is 32.8 Å². The molecular weight excluding hydrogens is 691 g/mol. The number of β-amino-alcohol motifs (C(OH)–C–C–N with tert-alkyl or cyclic N) is 1. The van der Waals surface area contributed by atoms with E-state index in [0.29, 0.717) is 38.3 Å². The first-order chi connectivity index (χ1) is 25.7. The van der Waals surface area contributed by atoms with Crippen LogP contribution in [0.1, 0.15) is 48.1 Å². The number of nitrogens with one attached hydrogen (secondary N) is 2. The molecule has 2 aliphatic rings. The van der Waals surface area contributed by atoms with E-state index in [1.165, 1.54) is 0 Å². The third kappa shape index (κ3) is 8.47. The van der Waals surface area contributed by atoms with Gasteiger partial charge in [0.05, 0.1) is 24.2 Å². The van der Waals surface area contributed by atoms with Crippen molar-refractivity contribution in [3.8, 4) is 5.75 Å². The second kappa shape index (κ2) is 16.2. The molecular formula is C41H47N5O6S. The molecule has 2 aliphatic heterocycles. The predicted octanol–water partition coefficient (Wildman–Crippen LogP) is 4.65. The number of furan rings is 1. The number of thiophene rings is 1. The molecule has 2 amide bonds. The summed E-state index contributed by atoms with van der Waals surface area (Å²) in [5.74, 6) is 0.449. The molecule has 2 aromatic carbocycles. The van der Waals surface area contributed by atoms with E-state index in [0.717, 1.165) is 32.7 Å². The molecule has 7 rings (SSSR count). The molecule has 0 radical (unpaired) electrons. The van der Waals surface area contributed by atoms with Crippen LogP contribution < -0.4 is 15.4 Å². The van der Waals surface area contributed by atoms with E-state index >= 15 is 0 Å². The van der Waals surface area contributed by atoms with Gasteiger partial charge in [-0.05, 0) is 61.9 Å². The van der Waals surface area contributed by atoms with Crippen molar-refractivity contribution >= 4 is 34.1 Å². The van der Waals surface area contributed by atoms with E-state index in [2.05, 4.69) is 34.4 Å². The van der Waals surface area contributed by atoms with Gasteiger partial charge >= 0.3 is 0 Å². The standard InChI is InChI=1S/C41H47N5O6S/c1-41(2,37-21-29-22-42-15-14-35(29)52-37)46-17-16-45(33(25-46)40(50)43-23-31-11-8-18-53-31)24-30(47)20-28(19-27-9-4-3-5-10-27)39(49)44-38-32-12-6-7-13-36(32)51-26-34(38)48/h3-15,18,21-22,28,30,33-34,38,47-48H,16-17,19-20,23-26H2,1-2H3,(H,43,50)(H,44,49)/t28-,30+,33+,34-,38+/m1/s1. The smallest absolute Gasteiger partial charge is 0.238 e. The second-order valence-corrected chi connectivity index (χ2v) is 15.5. The molecule has 5 aromatic rings. The maximum Gasteiger partial charge on any atom is 0.238 e. The van der Waals surface area contributed by atoms with Crippen molar-refractivity contribution in [1.82, 2.24) is 25.4 Å². The second-order valence-electron chi connectivity index (χ2n) is 14.5. The summed E-state index contributed by atoms with van der Waals surface area (Å²) >= 11 is 1.59. The van der Waals surface area contributed by atoms with Crippen molar-refractivity contribution in [3.05, 3.63) is 118 Å². The summed E-state index contributed by atoms with van der Waals surface area (Å²) in [5, 5.41) is 31.7. The molecule has 5 atom stereocenters. The quantitative estimate of drug-likeness (QED) is 0.136. The SMILES string of the molecule is CC(C)(c1cc2cnccc2o1)N1CCN(C[C@@H](O)C[C@@H](Cc2ccccc2)C(=O)N[C@H]2c3ccccc3OC[C@H]2O)[C@H](C(=O)NCc2cccs2)C1. The Bertz CT molecular complexity index is 1950. The highest BCUT2D eigenvalue weighted by molar-refractivity contribution is 7.09. The molecule has 1 fully saturated rings. The third-order valence-corrected chi connectivity index (χ3v) is 11.4. The zero-order chi connectivity index (χ0) is 37.0. The number of rotatable bonds is 13. The normalized spacial score (nSPS) is 20.6. The number of carbonyl (C=O) groups excluding carboxylic acids is 2. The highest BCUT2D eigenvalue weighted by Crippen LogP contribution is 2.35. The molecule has 12 heteroatoms. The van der Waals surface area contributed by atoms with Gasteiger partial charge in [0.15, 0.2) is 0 Å². The molecule has 3 aromatic heterocycles. The Hall–Kier alpha value is -4.59. The van der Waals surface area contributed by atoms with Gasteiger partial charge in [0.1, 0.15) is 35.8 Å². The highest BCUT2D eigenvalue weighted by Gasteiger charge is 2.41. The number of pyridine rings is 1. The van der Waals surface area contributed by atoms with Crippen LogP contribution >= 0.6 is 11.3 Å². The Morgan fingerprint density at radius 2 is 1.87 bits per heavy atom. The average Bonchev–Trinajstić information content (AvgIpc) is 3.86. The molecule has 0 unspecified atom stereocenters. The lowest BCUT2D eigenvalue weighted by Crippen LogP contribution is -2.63. The summed E-state index contributed by atoms with van der Waals surface area (Å²) in [5.41, 5.74) is 1.92. The highest BCUT2D eigenvalue weighted by atomic mass is 32.1. The topological polar surface area (TPSA) is 140 Å². The third-order valence-electron chi connectivity index (χ3n) is 10.6. The number of nitrogens with zero attached hydrogens (tertiary/aromatic N) is 3. The summed E-state index contributed by atoms with van der Waals surface area (Å²) in [7, 11) is 0. The number of aromatic nitrogens is 1. The van der Waals surface area contributed by atoms with Gasteiger partial charge in [0.2, 0.25) is 11.8 Å². The molecule has 0 aliphatic carbocycles. The van der Waals surface area contributed by atoms with Gasteiger partial charge in [-0.2, -0.15) is 0 Å². The predicted molar refractivity (Wildman–Crippen MR) is 203 cm³/mol. The molecule has 0 saturated carbocycles. The number of aliphatic hydroxyl groups is 2. The Kier molecular flexibility index (Phi) is 11.2. The fourth-order valence-electron chi connectivity index (χ4n) is 7.49. The van der Waals surface area contributed by atoms with Crippen LogP contribution in [0.4, 0.5) is 0 Å². The first-order valence-electron chi connectivity index (χ1n) is 18.2. The first-order valence-corrected chi connectivity index (χ1v) is 19.1. The van der Waals surface area contributed by atoms with E-state index in [-0.39, 0.29) is 31.4 Å². The summed E-state index contributed by atoms with van der Waals surface area (Å²) in [6, 6.07) is 23.8. The maximum atomic E-state index is 14.1. The van der Waals surface area contributed by atoms with Gasteiger partial charge < -0.3 is 30.0 Å². The van der Waals surface area contributed by atoms with E-state index < -0.39 is 35.7 Å². The largest absolute Gasteiger partial charge is 0.490 e. The van der Waals surface area contributed by atoms with E-state index in [1.807, 2.05) is 89.1 Å². The van der Waals surface area contributed by atoms with Gasteiger partial charge in [-0.15, -0.1) is 11.3 Å². The summed E-state index contributed by atoms with van der Waals surface area (Å²) in [6.07, 6.45) is 2.25. The maximum absolute atomic E-state index is 14.1. The van der Waals surface area contributed by atoms with Crippen molar-refractivity contribution in [3.63, 3.8) is 0 Å². The van der Waals surface area contributed by atoms with Crippen LogP contribution in [0.5, 0.6) is 5.75 Å². The lowest BCUT2D eigenvalue weighted by atomic mass is 9.90. The van der Waals surface area contributed by atoms with Crippen molar-refractivity contribution in [1.29, 1.82) is 0 Å². The number of para-hydroxylation sites is 1. The Morgan fingerprint density at radius 3 is 2.66 bits per heavy atom. The fraction of sp³-hybridized carbons (Fsp3) is 0.390. The van der Waals surface area contributed by atoms with Crippen LogP contribution in [0.2, 0.25) is 0 Å². The van der Waals surface area contributed by atoms with Crippen LogP contribution in [0, 0.1) is 5.92 Å². The number of amides is 2. The molecule has 1 saturated heterocycles. The molecule has 5 heterocycles. The van der Waals surface area contributed by atoms with Gasteiger partial charge in [-0.25, -0.2) is 0 Å². The van der Waals surface area contributed by atoms with Crippen LogP contribution in [0.15, 0.2) is 101 Å². The number of benzene rings is 2. The van der Waals surface area contributed by atoms with Crippen molar-refractivity contribution < 1.29 is 29.0 Å². The Balaban J connectivity index is 1.08. The minimum Gasteiger partial charge on any atom is -0.490 e. The number of ether oxygens (including phenoxy) is 1. The lowest BCUT2D eigenvalue weighted by molar-refractivity contribution is -0.133. The lowest BCUT2D eigenvalue weighted by Gasteiger charge is -2.47. The number of fused-ring (bicyclic) bond motifs is 2. The van der Waals surface area contributed by atoms with Gasteiger partial charge in [-0.3, -0.25) is 24.4 Å². The molecule has 0 bridgehead atoms. The molecule has 278 valence electrons. The average molecular weight is 738 g/mol. The molecule has 11 nitrogen and oxygen atoms in total. The van der Waals surface area contributed by atoms with Crippen LogP contribution in [-0.4, -0.2) is 87.8 Å².